The van der Waals surface area contributed by atoms with Crippen molar-refractivity contribution in [1.82, 2.24) is 5.32 Å². The molecule has 0 saturated heterocycles. The fourth-order valence-electron chi connectivity index (χ4n) is 1.18. The number of amides is 1. The van der Waals surface area contributed by atoms with Crippen molar-refractivity contribution >= 4 is 27.8 Å². The predicted octanol–water partition coefficient (Wildman–Crippen LogP) is 1.66. The highest BCUT2D eigenvalue weighted by Gasteiger charge is 2.11. The highest BCUT2D eigenvalue weighted by atomic mass is 79.9. The van der Waals surface area contributed by atoms with E-state index in [2.05, 4.69) is 21.2 Å². The number of carbonyl (C=O) groups excluding carboxylic acids is 1. The number of ether oxygens (including phenoxy) is 1. The van der Waals surface area contributed by atoms with Crippen molar-refractivity contribution in [3.8, 4) is 5.75 Å². The van der Waals surface area contributed by atoms with Crippen LogP contribution in [0.4, 0.5) is 0 Å². The Kier molecular flexibility index (Phi) is 4.96. The van der Waals surface area contributed by atoms with Crippen LogP contribution in [0.2, 0.25) is 0 Å². The minimum atomic E-state index is -0.949. The Morgan fingerprint density at radius 2 is 2.18 bits per heavy atom. The van der Waals surface area contributed by atoms with Crippen molar-refractivity contribution in [3.05, 3.63) is 28.2 Å². The molecule has 0 spiro atoms. The van der Waals surface area contributed by atoms with Crippen LogP contribution in [0.25, 0.3) is 0 Å². The summed E-state index contributed by atoms with van der Waals surface area (Å²) in [7, 11) is 1.51. The molecule has 0 aliphatic heterocycles. The first kappa shape index (κ1) is 13.5. The van der Waals surface area contributed by atoms with Gasteiger partial charge in [0, 0.05) is 11.0 Å². The van der Waals surface area contributed by atoms with Gasteiger partial charge in [0.15, 0.2) is 0 Å². The molecule has 0 saturated carbocycles. The summed E-state index contributed by atoms with van der Waals surface area (Å²) in [6.07, 6.45) is -0.104. The summed E-state index contributed by atoms with van der Waals surface area (Å²) in [5, 5.41) is 11.0. The molecule has 0 fully saturated rings. The zero-order valence-corrected chi connectivity index (χ0v) is 10.8. The number of benzene rings is 1. The van der Waals surface area contributed by atoms with Crippen LogP contribution < -0.4 is 10.1 Å². The van der Waals surface area contributed by atoms with Gasteiger partial charge in [-0.05, 0) is 34.1 Å². The van der Waals surface area contributed by atoms with Crippen LogP contribution in [0.1, 0.15) is 16.8 Å². The number of hydrogen-bond acceptors (Lipinski definition) is 3. The zero-order chi connectivity index (χ0) is 12.8. The fraction of sp³-hybridized carbons (Fsp3) is 0.273. The molecule has 1 aromatic carbocycles. The van der Waals surface area contributed by atoms with Crippen LogP contribution in [0.3, 0.4) is 0 Å². The minimum Gasteiger partial charge on any atom is -0.497 e. The lowest BCUT2D eigenvalue weighted by molar-refractivity contribution is -0.136. The van der Waals surface area contributed by atoms with Crippen molar-refractivity contribution in [2.45, 2.75) is 6.42 Å². The Morgan fingerprint density at radius 1 is 1.47 bits per heavy atom. The van der Waals surface area contributed by atoms with Crippen molar-refractivity contribution in [1.29, 1.82) is 0 Å². The predicted molar refractivity (Wildman–Crippen MR) is 65.3 cm³/mol. The number of methoxy groups -OCH3 is 1. The minimum absolute atomic E-state index is 0.0951. The number of aliphatic carboxylic acids is 1. The second kappa shape index (κ2) is 6.24. The second-order valence-corrected chi connectivity index (χ2v) is 4.10. The maximum absolute atomic E-state index is 11.7. The van der Waals surface area contributed by atoms with Crippen LogP contribution in [0.15, 0.2) is 22.7 Å². The lowest BCUT2D eigenvalue weighted by atomic mass is 10.2. The number of halogens is 1. The summed E-state index contributed by atoms with van der Waals surface area (Å²) in [5.74, 6) is -0.719. The van der Waals surface area contributed by atoms with Gasteiger partial charge >= 0.3 is 5.97 Å². The standard InChI is InChI=1S/C11H12BrNO4/c1-17-7-2-3-9(12)8(6-7)11(16)13-5-4-10(14)15/h2-3,6H,4-5H2,1H3,(H,13,16)(H,14,15). The second-order valence-electron chi connectivity index (χ2n) is 3.25. The third kappa shape index (κ3) is 4.07. The van der Waals surface area contributed by atoms with Crippen molar-refractivity contribution in [3.63, 3.8) is 0 Å². The molecule has 0 unspecified atom stereocenters. The number of nitrogens with one attached hydrogen (secondary N) is 1. The molecule has 0 aliphatic carbocycles. The molecule has 1 aromatic rings. The molecule has 5 nitrogen and oxygen atoms in total. The van der Waals surface area contributed by atoms with E-state index in [1.54, 1.807) is 18.2 Å². The Balaban J connectivity index is 2.70. The quantitative estimate of drug-likeness (QED) is 0.867. The van der Waals surface area contributed by atoms with Gasteiger partial charge in [-0.2, -0.15) is 0 Å². The van der Waals surface area contributed by atoms with E-state index in [9.17, 15) is 9.59 Å². The number of hydrogen-bond donors (Lipinski definition) is 2. The summed E-state index contributed by atoms with van der Waals surface area (Å²) in [6.45, 7) is 0.0951. The average molecular weight is 302 g/mol. The maximum atomic E-state index is 11.7. The summed E-state index contributed by atoms with van der Waals surface area (Å²) < 4.78 is 5.64. The van der Waals surface area contributed by atoms with Gasteiger partial charge in [-0.1, -0.05) is 0 Å². The Labute approximate surface area is 107 Å². The molecule has 0 atom stereocenters. The van der Waals surface area contributed by atoms with Crippen LogP contribution in [0, 0.1) is 0 Å². The van der Waals surface area contributed by atoms with Crippen LogP contribution in [-0.4, -0.2) is 30.6 Å². The van der Waals surface area contributed by atoms with Crippen molar-refractivity contribution < 1.29 is 19.4 Å². The van der Waals surface area contributed by atoms with E-state index in [0.29, 0.717) is 15.8 Å². The normalized spacial score (nSPS) is 9.76. The first-order valence-corrected chi connectivity index (χ1v) is 5.67. The maximum Gasteiger partial charge on any atom is 0.305 e. The molecule has 1 rings (SSSR count). The summed E-state index contributed by atoms with van der Waals surface area (Å²) in [5.41, 5.74) is 0.412. The largest absolute Gasteiger partial charge is 0.497 e. The molecule has 0 radical (unpaired) electrons. The summed E-state index contributed by atoms with van der Waals surface area (Å²) >= 11 is 3.25. The van der Waals surface area contributed by atoms with E-state index < -0.39 is 5.97 Å². The lowest BCUT2D eigenvalue weighted by Crippen LogP contribution is -2.26. The third-order valence-electron chi connectivity index (χ3n) is 2.04. The molecule has 92 valence electrons. The Hall–Kier alpha value is -1.56. The van der Waals surface area contributed by atoms with Gasteiger partial charge < -0.3 is 15.2 Å². The molecule has 0 aliphatic rings. The monoisotopic (exact) mass is 301 g/mol. The van der Waals surface area contributed by atoms with Crippen LogP contribution in [-0.2, 0) is 4.79 Å². The molecule has 0 heterocycles. The van der Waals surface area contributed by atoms with Gasteiger partial charge in [-0.3, -0.25) is 9.59 Å². The van der Waals surface area contributed by atoms with E-state index in [4.69, 9.17) is 9.84 Å². The van der Waals surface area contributed by atoms with Crippen LogP contribution in [0.5, 0.6) is 5.75 Å². The van der Waals surface area contributed by atoms with Gasteiger partial charge in [-0.25, -0.2) is 0 Å². The zero-order valence-electron chi connectivity index (χ0n) is 9.20. The molecular weight excluding hydrogens is 290 g/mol. The summed E-state index contributed by atoms with van der Waals surface area (Å²) in [6, 6.07) is 5.00. The fourth-order valence-corrected chi connectivity index (χ4v) is 1.61. The molecular formula is C11H12BrNO4. The molecule has 2 N–H and O–H groups in total. The SMILES string of the molecule is COc1ccc(Br)c(C(=O)NCCC(=O)O)c1. The Morgan fingerprint density at radius 3 is 2.76 bits per heavy atom. The summed E-state index contributed by atoms with van der Waals surface area (Å²) in [4.78, 5) is 22.0. The number of carboxylic acid groups (broad SMARTS) is 1. The topological polar surface area (TPSA) is 75.6 Å². The number of carboxylic acids is 1. The van der Waals surface area contributed by atoms with Gasteiger partial charge in [0.05, 0.1) is 19.1 Å². The Bertz CT molecular complexity index is 433. The van der Waals surface area contributed by atoms with E-state index >= 15 is 0 Å². The number of carbonyl (C=O) groups is 2. The first-order valence-electron chi connectivity index (χ1n) is 4.88. The van der Waals surface area contributed by atoms with Gasteiger partial charge in [0.2, 0.25) is 0 Å². The third-order valence-corrected chi connectivity index (χ3v) is 2.73. The molecule has 0 aromatic heterocycles. The molecule has 17 heavy (non-hydrogen) atoms. The van der Waals surface area contributed by atoms with Crippen molar-refractivity contribution in [2.75, 3.05) is 13.7 Å². The number of rotatable bonds is 5. The van der Waals surface area contributed by atoms with E-state index in [-0.39, 0.29) is 18.9 Å². The van der Waals surface area contributed by atoms with E-state index in [0.717, 1.165) is 0 Å². The smallest absolute Gasteiger partial charge is 0.305 e. The molecule has 1 amide bonds. The van der Waals surface area contributed by atoms with Crippen molar-refractivity contribution in [2.24, 2.45) is 0 Å². The van der Waals surface area contributed by atoms with Crippen LogP contribution >= 0.6 is 15.9 Å². The molecule has 0 bridgehead atoms. The van der Waals surface area contributed by atoms with Gasteiger partial charge in [0.25, 0.3) is 5.91 Å². The average Bonchev–Trinajstić information content (AvgIpc) is 2.29. The highest BCUT2D eigenvalue weighted by Crippen LogP contribution is 2.22. The first-order chi connectivity index (χ1) is 8.04. The van der Waals surface area contributed by atoms with Gasteiger partial charge in [-0.15, -0.1) is 0 Å². The molecule has 6 heteroatoms. The van der Waals surface area contributed by atoms with E-state index in [1.165, 1.54) is 7.11 Å². The van der Waals surface area contributed by atoms with E-state index in [1.807, 2.05) is 0 Å². The van der Waals surface area contributed by atoms with Gasteiger partial charge in [0.1, 0.15) is 5.75 Å². The highest BCUT2D eigenvalue weighted by molar-refractivity contribution is 9.10. The lowest BCUT2D eigenvalue weighted by Gasteiger charge is -2.07.